The molecule has 32 heavy (non-hydrogen) atoms. The molecule has 5 rings (SSSR count). The molecule has 3 aromatic heterocycles. The Hall–Kier alpha value is -3.32. The van der Waals surface area contributed by atoms with Crippen LogP contribution in [0, 0.1) is 5.92 Å². The van der Waals surface area contributed by atoms with E-state index in [9.17, 15) is 9.59 Å². The van der Waals surface area contributed by atoms with Crippen LogP contribution < -0.4 is 15.6 Å². The fraction of sp³-hybridized carbons (Fsp3) is 0.292. The SMILES string of the molecule is CCNC(=O)c1cc(OC)cc(-c2cc3cnc4[nH]ccc4c3n(CC3CC3)c2=O)c1Cl. The van der Waals surface area contributed by atoms with Gasteiger partial charge in [0, 0.05) is 47.4 Å². The van der Waals surface area contributed by atoms with Crippen molar-refractivity contribution in [2.45, 2.75) is 26.3 Å². The van der Waals surface area contributed by atoms with E-state index in [4.69, 9.17) is 16.3 Å². The van der Waals surface area contributed by atoms with Crippen LogP contribution in [0.5, 0.6) is 5.75 Å². The van der Waals surface area contributed by atoms with Crippen LogP contribution in [-0.4, -0.2) is 34.1 Å². The van der Waals surface area contributed by atoms with Crippen molar-refractivity contribution >= 4 is 39.4 Å². The Labute approximate surface area is 189 Å². The number of hydrogen-bond acceptors (Lipinski definition) is 4. The van der Waals surface area contributed by atoms with Crippen molar-refractivity contribution in [1.82, 2.24) is 19.9 Å². The van der Waals surface area contributed by atoms with Crippen LogP contribution in [0.15, 0.2) is 41.5 Å². The second-order valence-electron chi connectivity index (χ2n) is 8.12. The van der Waals surface area contributed by atoms with Crippen LogP contribution in [0.3, 0.4) is 0 Å². The van der Waals surface area contributed by atoms with Crippen LogP contribution in [0.1, 0.15) is 30.1 Å². The van der Waals surface area contributed by atoms with Gasteiger partial charge < -0.3 is 19.6 Å². The molecule has 0 aliphatic heterocycles. The third kappa shape index (κ3) is 3.42. The minimum absolute atomic E-state index is 0.143. The Kier molecular flexibility index (Phi) is 5.13. The lowest BCUT2D eigenvalue weighted by Gasteiger charge is -2.16. The number of H-pyrrole nitrogens is 1. The Morgan fingerprint density at radius 1 is 1.31 bits per heavy atom. The number of pyridine rings is 2. The van der Waals surface area contributed by atoms with Gasteiger partial charge in [0.1, 0.15) is 11.4 Å². The topological polar surface area (TPSA) is 89.0 Å². The Bertz CT molecular complexity index is 1420. The number of amides is 1. The van der Waals surface area contributed by atoms with E-state index in [1.807, 2.05) is 29.8 Å². The number of carbonyl (C=O) groups is 1. The van der Waals surface area contributed by atoms with E-state index < -0.39 is 0 Å². The summed E-state index contributed by atoms with van der Waals surface area (Å²) in [5.41, 5.74) is 2.62. The maximum atomic E-state index is 13.8. The molecule has 8 heteroatoms. The average molecular weight is 451 g/mol. The Balaban J connectivity index is 1.81. The number of nitrogens with one attached hydrogen (secondary N) is 2. The number of aromatic nitrogens is 3. The average Bonchev–Trinajstić information content (AvgIpc) is 3.48. The fourth-order valence-corrected chi connectivity index (χ4v) is 4.44. The number of rotatable bonds is 6. The van der Waals surface area contributed by atoms with E-state index in [1.165, 1.54) is 7.11 Å². The summed E-state index contributed by atoms with van der Waals surface area (Å²) in [7, 11) is 1.52. The summed E-state index contributed by atoms with van der Waals surface area (Å²) in [4.78, 5) is 34.0. The lowest BCUT2D eigenvalue weighted by molar-refractivity contribution is 0.0955. The van der Waals surface area contributed by atoms with Gasteiger partial charge in [-0.2, -0.15) is 0 Å². The number of hydrogen-bond donors (Lipinski definition) is 2. The van der Waals surface area contributed by atoms with Crippen molar-refractivity contribution in [2.24, 2.45) is 5.92 Å². The van der Waals surface area contributed by atoms with Gasteiger partial charge in [-0.15, -0.1) is 0 Å². The number of benzene rings is 1. The first-order valence-electron chi connectivity index (χ1n) is 10.7. The molecule has 7 nitrogen and oxygen atoms in total. The first kappa shape index (κ1) is 20.6. The number of ether oxygens (including phenoxy) is 1. The zero-order valence-electron chi connectivity index (χ0n) is 17.9. The first-order chi connectivity index (χ1) is 15.5. The lowest BCUT2D eigenvalue weighted by atomic mass is 10.0. The van der Waals surface area contributed by atoms with Crippen molar-refractivity contribution in [2.75, 3.05) is 13.7 Å². The number of halogens is 1. The monoisotopic (exact) mass is 450 g/mol. The van der Waals surface area contributed by atoms with Gasteiger partial charge >= 0.3 is 0 Å². The summed E-state index contributed by atoms with van der Waals surface area (Å²) in [6, 6.07) is 7.05. The summed E-state index contributed by atoms with van der Waals surface area (Å²) in [6.45, 7) is 2.93. The third-order valence-corrected chi connectivity index (χ3v) is 6.33. The lowest BCUT2D eigenvalue weighted by Crippen LogP contribution is -2.25. The van der Waals surface area contributed by atoms with Gasteiger partial charge in [-0.3, -0.25) is 9.59 Å². The highest BCUT2D eigenvalue weighted by atomic mass is 35.5. The number of aromatic amines is 1. The molecule has 0 saturated heterocycles. The van der Waals surface area contributed by atoms with Crippen molar-refractivity contribution < 1.29 is 9.53 Å². The van der Waals surface area contributed by atoms with Crippen LogP contribution >= 0.6 is 11.6 Å². The molecule has 164 valence electrons. The smallest absolute Gasteiger partial charge is 0.259 e. The molecule has 1 aliphatic carbocycles. The van der Waals surface area contributed by atoms with Gasteiger partial charge in [0.25, 0.3) is 11.5 Å². The molecule has 1 fully saturated rings. The van der Waals surface area contributed by atoms with Gasteiger partial charge in [0.15, 0.2) is 0 Å². The molecule has 0 bridgehead atoms. The van der Waals surface area contributed by atoms with Gasteiger partial charge in [-0.05, 0) is 49.9 Å². The Morgan fingerprint density at radius 3 is 2.84 bits per heavy atom. The molecule has 0 spiro atoms. The summed E-state index contributed by atoms with van der Waals surface area (Å²) >= 11 is 6.69. The molecule has 1 amide bonds. The molecule has 4 aromatic rings. The fourth-order valence-electron chi connectivity index (χ4n) is 4.14. The highest BCUT2D eigenvalue weighted by Crippen LogP contribution is 2.37. The van der Waals surface area contributed by atoms with Gasteiger partial charge in [-0.25, -0.2) is 4.98 Å². The number of fused-ring (bicyclic) bond motifs is 3. The Morgan fingerprint density at radius 2 is 2.12 bits per heavy atom. The zero-order valence-corrected chi connectivity index (χ0v) is 18.6. The minimum atomic E-state index is -0.313. The van der Waals surface area contributed by atoms with Gasteiger partial charge in [-0.1, -0.05) is 11.6 Å². The number of carbonyl (C=O) groups excluding carboxylic acids is 1. The minimum Gasteiger partial charge on any atom is -0.497 e. The van der Waals surface area contributed by atoms with Crippen LogP contribution in [0.25, 0.3) is 33.1 Å². The molecule has 2 N–H and O–H groups in total. The van der Waals surface area contributed by atoms with Crippen molar-refractivity contribution in [3.05, 3.63) is 57.6 Å². The summed E-state index contributed by atoms with van der Waals surface area (Å²) < 4.78 is 7.25. The van der Waals surface area contributed by atoms with E-state index in [-0.39, 0.29) is 22.1 Å². The predicted molar refractivity (Wildman–Crippen MR) is 126 cm³/mol. The predicted octanol–water partition coefficient (Wildman–Crippen LogP) is 4.37. The van der Waals surface area contributed by atoms with Crippen molar-refractivity contribution in [1.29, 1.82) is 0 Å². The molecular weight excluding hydrogens is 428 g/mol. The summed E-state index contributed by atoms with van der Waals surface area (Å²) in [6.07, 6.45) is 5.81. The normalized spacial score (nSPS) is 13.6. The highest BCUT2D eigenvalue weighted by Gasteiger charge is 2.26. The zero-order chi connectivity index (χ0) is 22.4. The summed E-state index contributed by atoms with van der Waals surface area (Å²) in [5, 5.41) is 4.74. The van der Waals surface area contributed by atoms with E-state index in [1.54, 1.807) is 18.3 Å². The molecule has 3 heterocycles. The van der Waals surface area contributed by atoms with Gasteiger partial charge in [0.05, 0.1) is 23.2 Å². The van der Waals surface area contributed by atoms with E-state index >= 15 is 0 Å². The van der Waals surface area contributed by atoms with Crippen LogP contribution in [0.2, 0.25) is 5.02 Å². The van der Waals surface area contributed by atoms with Crippen LogP contribution in [-0.2, 0) is 6.54 Å². The molecule has 0 atom stereocenters. The maximum absolute atomic E-state index is 13.8. The summed E-state index contributed by atoms with van der Waals surface area (Å²) in [5.74, 6) is 0.630. The van der Waals surface area contributed by atoms with E-state index in [0.717, 1.165) is 34.8 Å². The van der Waals surface area contributed by atoms with Gasteiger partial charge in [0.2, 0.25) is 0 Å². The third-order valence-electron chi connectivity index (χ3n) is 5.92. The van der Waals surface area contributed by atoms with Crippen LogP contribution in [0.4, 0.5) is 0 Å². The number of methoxy groups -OCH3 is 1. The van der Waals surface area contributed by atoms with E-state index in [2.05, 4.69) is 15.3 Å². The molecular formula is C24H23ClN4O3. The van der Waals surface area contributed by atoms with Crippen molar-refractivity contribution in [3.8, 4) is 16.9 Å². The largest absolute Gasteiger partial charge is 0.497 e. The number of nitrogens with zero attached hydrogens (tertiary/aromatic N) is 2. The second kappa shape index (κ2) is 7.98. The molecule has 1 aromatic carbocycles. The molecule has 0 radical (unpaired) electrons. The molecule has 1 aliphatic rings. The quantitative estimate of drug-likeness (QED) is 0.456. The van der Waals surface area contributed by atoms with E-state index in [0.29, 0.717) is 35.9 Å². The molecule has 1 saturated carbocycles. The standard InChI is InChI=1S/C24H23ClN4O3/c1-3-26-23(30)19-10-15(32-2)9-17(20(19)25)18-8-14-11-28-22-16(6-7-27-22)21(14)29(24(18)31)12-13-4-5-13/h6-11,13H,3-5,12H2,1-2H3,(H,26,30)(H,27,28). The van der Waals surface area contributed by atoms with Crippen molar-refractivity contribution in [3.63, 3.8) is 0 Å². The first-order valence-corrected chi connectivity index (χ1v) is 11.0. The second-order valence-corrected chi connectivity index (χ2v) is 8.49. The molecule has 0 unspecified atom stereocenters. The maximum Gasteiger partial charge on any atom is 0.259 e. The highest BCUT2D eigenvalue weighted by molar-refractivity contribution is 6.36.